The number of carbonyl (C=O) groups excluding carboxylic acids is 2. The van der Waals surface area contributed by atoms with Crippen LogP contribution in [0.1, 0.15) is 59.3 Å². The fraction of sp³-hybridized carbons (Fsp3) is 0.857. The molecule has 0 aromatic carbocycles. The Kier molecular flexibility index (Phi) is 5.63. The Morgan fingerprint density at radius 2 is 1.83 bits per heavy atom. The largest absolute Gasteiger partial charge is 0.457 e. The maximum Gasteiger partial charge on any atom is 0.344 e. The molecule has 1 unspecified atom stereocenters. The minimum Gasteiger partial charge on any atom is -0.457 e. The Labute approximate surface area is 109 Å². The molecule has 1 atom stereocenters. The number of esters is 2. The topological polar surface area (TPSA) is 52.6 Å². The quantitative estimate of drug-likeness (QED) is 0.686. The minimum absolute atomic E-state index is 0.163. The van der Waals surface area contributed by atoms with Crippen LogP contribution in [0.3, 0.4) is 0 Å². The fourth-order valence-electron chi connectivity index (χ4n) is 2.26. The van der Waals surface area contributed by atoms with Gasteiger partial charge in [-0.3, -0.25) is 4.79 Å². The summed E-state index contributed by atoms with van der Waals surface area (Å²) in [5.41, 5.74) is -0.306. The maximum absolute atomic E-state index is 11.7. The van der Waals surface area contributed by atoms with Crippen molar-refractivity contribution in [1.29, 1.82) is 0 Å². The Hall–Kier alpha value is -1.06. The molecule has 0 heterocycles. The average Bonchev–Trinajstić information content (AvgIpc) is 2.84. The van der Waals surface area contributed by atoms with Crippen molar-refractivity contribution in [3.05, 3.63) is 0 Å². The van der Waals surface area contributed by atoms with E-state index in [0.29, 0.717) is 6.42 Å². The van der Waals surface area contributed by atoms with Gasteiger partial charge in [-0.15, -0.1) is 0 Å². The predicted molar refractivity (Wildman–Crippen MR) is 68.0 cm³/mol. The highest BCUT2D eigenvalue weighted by molar-refractivity contribution is 5.77. The third-order valence-corrected chi connectivity index (χ3v) is 3.84. The van der Waals surface area contributed by atoms with Gasteiger partial charge < -0.3 is 9.47 Å². The van der Waals surface area contributed by atoms with Gasteiger partial charge in [-0.1, -0.05) is 20.8 Å². The average molecular weight is 256 g/mol. The smallest absolute Gasteiger partial charge is 0.344 e. The highest BCUT2D eigenvalue weighted by Crippen LogP contribution is 2.35. The van der Waals surface area contributed by atoms with Crippen LogP contribution in [-0.2, 0) is 19.1 Å². The number of hydrogen-bond acceptors (Lipinski definition) is 4. The first-order chi connectivity index (χ1) is 8.53. The van der Waals surface area contributed by atoms with Crippen LogP contribution in [0.2, 0.25) is 0 Å². The minimum atomic E-state index is -0.421. The second-order valence-electron chi connectivity index (χ2n) is 5.13. The van der Waals surface area contributed by atoms with Crippen LogP contribution in [0.5, 0.6) is 0 Å². The van der Waals surface area contributed by atoms with Crippen molar-refractivity contribution in [2.45, 2.75) is 64.9 Å². The van der Waals surface area contributed by atoms with Gasteiger partial charge in [0.05, 0.1) is 5.92 Å². The second kappa shape index (κ2) is 6.76. The van der Waals surface area contributed by atoms with Crippen LogP contribution in [0.4, 0.5) is 0 Å². The van der Waals surface area contributed by atoms with Gasteiger partial charge >= 0.3 is 11.9 Å². The third-order valence-electron chi connectivity index (χ3n) is 3.84. The van der Waals surface area contributed by atoms with E-state index in [1.807, 2.05) is 13.8 Å². The van der Waals surface area contributed by atoms with Crippen molar-refractivity contribution in [1.82, 2.24) is 0 Å². The van der Waals surface area contributed by atoms with Gasteiger partial charge in [0.15, 0.2) is 6.61 Å². The van der Waals surface area contributed by atoms with Crippen LogP contribution < -0.4 is 0 Å². The molecule has 1 aliphatic rings. The summed E-state index contributed by atoms with van der Waals surface area (Å²) in [7, 11) is 0. The maximum atomic E-state index is 11.7. The predicted octanol–water partition coefficient (Wildman–Crippen LogP) is 2.84. The molecule has 1 rings (SSSR count). The lowest BCUT2D eigenvalue weighted by Gasteiger charge is -2.27. The summed E-state index contributed by atoms with van der Waals surface area (Å²) < 4.78 is 10.4. The monoisotopic (exact) mass is 256 g/mol. The van der Waals surface area contributed by atoms with Gasteiger partial charge in [-0.05, 0) is 38.5 Å². The fourth-order valence-corrected chi connectivity index (χ4v) is 2.26. The molecule has 1 aliphatic carbocycles. The van der Waals surface area contributed by atoms with Gasteiger partial charge in [-0.2, -0.15) is 0 Å². The zero-order valence-electron chi connectivity index (χ0n) is 11.7. The lowest BCUT2D eigenvalue weighted by atomic mass is 9.99. The molecule has 0 aliphatic heterocycles. The first-order valence-corrected chi connectivity index (χ1v) is 6.91. The number of hydrogen-bond donors (Lipinski definition) is 0. The van der Waals surface area contributed by atoms with E-state index in [-0.39, 0.29) is 24.1 Å². The Balaban J connectivity index is 2.35. The molecule has 0 aromatic rings. The molecule has 1 fully saturated rings. The highest BCUT2D eigenvalue weighted by Gasteiger charge is 2.36. The SMILES string of the molecule is CCC(C)C(=O)OCC(=O)OC1(CC)CCCC1. The Morgan fingerprint density at radius 1 is 1.22 bits per heavy atom. The molecule has 4 nitrogen and oxygen atoms in total. The van der Waals surface area contributed by atoms with E-state index >= 15 is 0 Å². The van der Waals surface area contributed by atoms with E-state index in [0.717, 1.165) is 32.1 Å². The van der Waals surface area contributed by atoms with Crippen molar-refractivity contribution in [2.75, 3.05) is 6.61 Å². The number of ether oxygens (including phenoxy) is 2. The molecule has 0 spiro atoms. The summed E-state index contributed by atoms with van der Waals surface area (Å²) in [5, 5.41) is 0. The van der Waals surface area contributed by atoms with Crippen molar-refractivity contribution in [3.63, 3.8) is 0 Å². The molecule has 0 bridgehead atoms. The molecule has 104 valence electrons. The van der Waals surface area contributed by atoms with E-state index in [1.54, 1.807) is 6.92 Å². The molecule has 0 amide bonds. The van der Waals surface area contributed by atoms with Gasteiger partial charge in [0.1, 0.15) is 5.60 Å². The zero-order chi connectivity index (χ0) is 13.6. The zero-order valence-corrected chi connectivity index (χ0v) is 11.7. The molecule has 18 heavy (non-hydrogen) atoms. The van der Waals surface area contributed by atoms with E-state index < -0.39 is 5.97 Å². The van der Waals surface area contributed by atoms with Crippen molar-refractivity contribution in [3.8, 4) is 0 Å². The lowest BCUT2D eigenvalue weighted by Crippen LogP contribution is -2.33. The molecule has 0 N–H and O–H groups in total. The Bertz CT molecular complexity index is 292. The molecule has 1 saturated carbocycles. The van der Waals surface area contributed by atoms with Crippen molar-refractivity contribution >= 4 is 11.9 Å². The third kappa shape index (κ3) is 4.00. The summed E-state index contributed by atoms with van der Waals surface area (Å²) in [6, 6.07) is 0. The van der Waals surface area contributed by atoms with Crippen molar-refractivity contribution < 1.29 is 19.1 Å². The first kappa shape index (κ1) is 15.0. The number of carbonyl (C=O) groups is 2. The second-order valence-corrected chi connectivity index (χ2v) is 5.13. The lowest BCUT2D eigenvalue weighted by molar-refractivity contribution is -0.171. The summed E-state index contributed by atoms with van der Waals surface area (Å²) in [6.45, 7) is 5.47. The van der Waals surface area contributed by atoms with Gasteiger partial charge in [-0.25, -0.2) is 4.79 Å². The summed E-state index contributed by atoms with van der Waals surface area (Å²) in [6.07, 6.45) is 5.61. The molecule has 4 heteroatoms. The summed E-state index contributed by atoms with van der Waals surface area (Å²) >= 11 is 0. The molecule has 0 saturated heterocycles. The van der Waals surface area contributed by atoms with Gasteiger partial charge in [0.25, 0.3) is 0 Å². The van der Waals surface area contributed by atoms with Crippen molar-refractivity contribution in [2.24, 2.45) is 5.92 Å². The normalized spacial score (nSPS) is 19.3. The molecular formula is C14H24O4. The molecule has 0 aromatic heterocycles. The first-order valence-electron chi connectivity index (χ1n) is 6.91. The van der Waals surface area contributed by atoms with E-state index in [4.69, 9.17) is 9.47 Å². The van der Waals surface area contributed by atoms with E-state index in [9.17, 15) is 9.59 Å². The standard InChI is InChI=1S/C14H24O4/c1-4-11(3)13(16)17-10-12(15)18-14(5-2)8-6-7-9-14/h11H,4-10H2,1-3H3. The van der Waals surface area contributed by atoms with Crippen LogP contribution in [0, 0.1) is 5.92 Å². The number of rotatable bonds is 6. The summed E-state index contributed by atoms with van der Waals surface area (Å²) in [5.74, 6) is -0.911. The van der Waals surface area contributed by atoms with E-state index in [1.165, 1.54) is 0 Å². The van der Waals surface area contributed by atoms with Crippen LogP contribution in [0.25, 0.3) is 0 Å². The van der Waals surface area contributed by atoms with E-state index in [2.05, 4.69) is 0 Å². The molecular weight excluding hydrogens is 232 g/mol. The highest BCUT2D eigenvalue weighted by atomic mass is 16.6. The van der Waals surface area contributed by atoms with Crippen LogP contribution >= 0.6 is 0 Å². The van der Waals surface area contributed by atoms with Gasteiger partial charge in [0, 0.05) is 0 Å². The van der Waals surface area contributed by atoms with Gasteiger partial charge in [0.2, 0.25) is 0 Å². The van der Waals surface area contributed by atoms with Crippen LogP contribution in [0.15, 0.2) is 0 Å². The summed E-state index contributed by atoms with van der Waals surface area (Å²) in [4.78, 5) is 23.1. The Morgan fingerprint density at radius 3 is 2.33 bits per heavy atom. The molecule has 0 radical (unpaired) electrons. The van der Waals surface area contributed by atoms with Crippen LogP contribution in [-0.4, -0.2) is 24.1 Å².